The second kappa shape index (κ2) is 8.26. The molecular weight excluding hydrogens is 377 g/mol. The number of carbonyl (C=O) groups is 2. The van der Waals surface area contributed by atoms with Crippen molar-refractivity contribution in [2.24, 2.45) is 0 Å². The maximum absolute atomic E-state index is 13.5. The lowest BCUT2D eigenvalue weighted by Crippen LogP contribution is -2.37. The highest BCUT2D eigenvalue weighted by atomic mass is 79.9. The molecule has 5 nitrogen and oxygen atoms in total. The zero-order chi connectivity index (χ0) is 17.5. The average Bonchev–Trinajstić information content (AvgIpc) is 2.55. The number of hydrogen-bond acceptors (Lipinski definition) is 3. The topological polar surface area (TPSA) is 70.2 Å². The molecule has 0 saturated heterocycles. The van der Waals surface area contributed by atoms with Crippen LogP contribution in [0.5, 0.6) is 0 Å². The van der Waals surface area contributed by atoms with Gasteiger partial charge >= 0.3 is 0 Å². The fraction of sp³-hybridized carbons (Fsp3) is 0.0588. The second-order valence-electron chi connectivity index (χ2n) is 4.89. The first kappa shape index (κ1) is 17.7. The molecule has 2 aromatic carbocycles. The number of hydrogen-bond donors (Lipinski definition) is 3. The quantitative estimate of drug-likeness (QED) is 0.661. The van der Waals surface area contributed by atoms with Crippen LogP contribution < -0.4 is 16.2 Å². The molecule has 0 spiro atoms. The van der Waals surface area contributed by atoms with Crippen molar-refractivity contribution in [1.29, 1.82) is 0 Å². The van der Waals surface area contributed by atoms with Crippen LogP contribution in [0.4, 0.5) is 10.1 Å². The van der Waals surface area contributed by atoms with Crippen molar-refractivity contribution in [3.8, 4) is 0 Å². The summed E-state index contributed by atoms with van der Waals surface area (Å²) in [4.78, 5) is 23.7. The van der Waals surface area contributed by atoms with Gasteiger partial charge in [0, 0.05) is 15.9 Å². The number of anilines is 1. The number of halogens is 2. The summed E-state index contributed by atoms with van der Waals surface area (Å²) in [5.41, 5.74) is 5.62. The zero-order valence-corrected chi connectivity index (χ0v) is 14.2. The molecule has 0 radical (unpaired) electrons. The Labute approximate surface area is 147 Å². The summed E-state index contributed by atoms with van der Waals surface area (Å²) in [6.07, 6.45) is -0.0480. The van der Waals surface area contributed by atoms with E-state index < -0.39 is 11.7 Å². The number of hydrazine groups is 1. The van der Waals surface area contributed by atoms with Crippen LogP contribution in [0, 0.1) is 5.82 Å². The maximum Gasteiger partial charge on any atom is 0.272 e. The van der Waals surface area contributed by atoms with E-state index in [1.54, 1.807) is 30.3 Å². The fourth-order valence-corrected chi connectivity index (χ4v) is 2.10. The molecule has 124 valence electrons. The third-order valence-corrected chi connectivity index (χ3v) is 3.50. The molecule has 7 heteroatoms. The molecule has 2 rings (SSSR count). The third-order valence-electron chi connectivity index (χ3n) is 2.97. The SMILES string of the molecule is C=C(CC(=O)Nc1ccc(Br)cc1)NNC(=O)c1ccccc1F. The molecule has 0 heterocycles. The third kappa shape index (κ3) is 5.20. The van der Waals surface area contributed by atoms with E-state index in [-0.39, 0.29) is 23.6 Å². The summed E-state index contributed by atoms with van der Waals surface area (Å²) in [5, 5.41) is 2.70. The lowest BCUT2D eigenvalue weighted by molar-refractivity contribution is -0.115. The standard InChI is InChI=1S/C17H15BrFN3O2/c1-11(10-16(23)20-13-8-6-12(18)7-9-13)21-22-17(24)14-4-2-3-5-15(14)19/h2-9,21H,1,10H2,(H,20,23)(H,22,24). The highest BCUT2D eigenvalue weighted by molar-refractivity contribution is 9.10. The molecule has 0 saturated carbocycles. The molecule has 2 amide bonds. The number of carbonyl (C=O) groups excluding carboxylic acids is 2. The summed E-state index contributed by atoms with van der Waals surface area (Å²) in [6, 6.07) is 12.7. The minimum absolute atomic E-state index is 0.0480. The molecular formula is C17H15BrFN3O2. The summed E-state index contributed by atoms with van der Waals surface area (Å²) in [6.45, 7) is 3.65. The molecule has 0 unspecified atom stereocenters. The van der Waals surface area contributed by atoms with Crippen molar-refractivity contribution in [3.63, 3.8) is 0 Å². The van der Waals surface area contributed by atoms with Crippen molar-refractivity contribution in [1.82, 2.24) is 10.9 Å². The zero-order valence-electron chi connectivity index (χ0n) is 12.6. The van der Waals surface area contributed by atoms with Gasteiger partial charge in [-0.1, -0.05) is 34.6 Å². The van der Waals surface area contributed by atoms with Gasteiger partial charge in [0.25, 0.3) is 5.91 Å². The predicted molar refractivity (Wildman–Crippen MR) is 93.5 cm³/mol. The summed E-state index contributed by atoms with van der Waals surface area (Å²) in [7, 11) is 0. The monoisotopic (exact) mass is 391 g/mol. The van der Waals surface area contributed by atoms with Gasteiger partial charge in [-0.2, -0.15) is 0 Å². The molecule has 24 heavy (non-hydrogen) atoms. The maximum atomic E-state index is 13.5. The number of nitrogens with one attached hydrogen (secondary N) is 3. The first-order valence-electron chi connectivity index (χ1n) is 7.00. The van der Waals surface area contributed by atoms with Crippen LogP contribution in [0.15, 0.2) is 65.3 Å². The van der Waals surface area contributed by atoms with E-state index in [1.165, 1.54) is 18.2 Å². The lowest BCUT2D eigenvalue weighted by atomic mass is 10.2. The average molecular weight is 392 g/mol. The lowest BCUT2D eigenvalue weighted by Gasteiger charge is -2.11. The van der Waals surface area contributed by atoms with Crippen molar-refractivity contribution < 1.29 is 14.0 Å². The van der Waals surface area contributed by atoms with E-state index in [1.807, 2.05) is 0 Å². The number of rotatable bonds is 6. The Morgan fingerprint density at radius 1 is 1.04 bits per heavy atom. The first-order valence-corrected chi connectivity index (χ1v) is 7.79. The van der Waals surface area contributed by atoms with Crippen molar-refractivity contribution in [3.05, 3.63) is 76.7 Å². The molecule has 0 aliphatic carbocycles. The van der Waals surface area contributed by atoms with Gasteiger partial charge in [0.1, 0.15) is 5.82 Å². The first-order chi connectivity index (χ1) is 11.5. The predicted octanol–water partition coefficient (Wildman–Crippen LogP) is 3.37. The molecule has 0 atom stereocenters. The Kier molecular flexibility index (Phi) is 6.08. The van der Waals surface area contributed by atoms with Crippen molar-refractivity contribution >= 4 is 33.4 Å². The van der Waals surface area contributed by atoms with Crippen molar-refractivity contribution in [2.75, 3.05) is 5.32 Å². The smallest absolute Gasteiger partial charge is 0.272 e. The van der Waals surface area contributed by atoms with Crippen LogP contribution in [-0.4, -0.2) is 11.8 Å². The van der Waals surface area contributed by atoms with E-state index in [4.69, 9.17) is 0 Å². The van der Waals surface area contributed by atoms with E-state index in [0.29, 0.717) is 5.69 Å². The number of benzene rings is 2. The molecule has 0 aromatic heterocycles. The molecule has 0 aliphatic rings. The highest BCUT2D eigenvalue weighted by Crippen LogP contribution is 2.14. The minimum Gasteiger partial charge on any atom is -0.326 e. The Morgan fingerprint density at radius 2 is 1.71 bits per heavy atom. The summed E-state index contributed by atoms with van der Waals surface area (Å²) >= 11 is 3.31. The molecule has 2 aromatic rings. The molecule has 3 N–H and O–H groups in total. The van der Waals surface area contributed by atoms with Gasteiger partial charge in [-0.05, 0) is 36.4 Å². The fourth-order valence-electron chi connectivity index (χ4n) is 1.83. The van der Waals surface area contributed by atoms with Gasteiger partial charge in [0.05, 0.1) is 12.0 Å². The van der Waals surface area contributed by atoms with Crippen LogP contribution in [0.3, 0.4) is 0 Å². The Morgan fingerprint density at radius 3 is 2.38 bits per heavy atom. The van der Waals surface area contributed by atoms with Gasteiger partial charge in [-0.25, -0.2) is 4.39 Å². The Balaban J connectivity index is 1.80. The molecule has 0 fully saturated rings. The van der Waals surface area contributed by atoms with Gasteiger partial charge in [0.2, 0.25) is 5.91 Å². The van der Waals surface area contributed by atoms with E-state index in [2.05, 4.69) is 38.7 Å². The van der Waals surface area contributed by atoms with E-state index in [9.17, 15) is 14.0 Å². The van der Waals surface area contributed by atoms with Gasteiger partial charge in [0.15, 0.2) is 0 Å². The summed E-state index contributed by atoms with van der Waals surface area (Å²) < 4.78 is 14.4. The minimum atomic E-state index is -0.650. The van der Waals surface area contributed by atoms with Crippen LogP contribution >= 0.6 is 15.9 Å². The normalized spacial score (nSPS) is 9.92. The van der Waals surface area contributed by atoms with Gasteiger partial charge in [-0.15, -0.1) is 0 Å². The largest absolute Gasteiger partial charge is 0.326 e. The molecule has 0 aliphatic heterocycles. The Hall–Kier alpha value is -2.67. The van der Waals surface area contributed by atoms with Crippen LogP contribution in [0.25, 0.3) is 0 Å². The van der Waals surface area contributed by atoms with Crippen LogP contribution in [-0.2, 0) is 4.79 Å². The molecule has 0 bridgehead atoms. The Bertz CT molecular complexity index is 763. The van der Waals surface area contributed by atoms with Crippen LogP contribution in [0.2, 0.25) is 0 Å². The number of amides is 2. The second-order valence-corrected chi connectivity index (χ2v) is 5.81. The highest BCUT2D eigenvalue weighted by Gasteiger charge is 2.11. The van der Waals surface area contributed by atoms with Gasteiger partial charge in [-0.3, -0.25) is 15.0 Å². The van der Waals surface area contributed by atoms with Crippen LogP contribution in [0.1, 0.15) is 16.8 Å². The van der Waals surface area contributed by atoms with Gasteiger partial charge < -0.3 is 10.7 Å². The van der Waals surface area contributed by atoms with Crippen molar-refractivity contribution in [2.45, 2.75) is 6.42 Å². The summed E-state index contributed by atoms with van der Waals surface area (Å²) in [5.74, 6) is -1.58. The van der Waals surface area contributed by atoms with E-state index in [0.717, 1.165) is 4.47 Å². The van der Waals surface area contributed by atoms with E-state index >= 15 is 0 Å².